The first-order valence-corrected chi connectivity index (χ1v) is 7.68. The van der Waals surface area contributed by atoms with Crippen LogP contribution in [-0.2, 0) is 11.3 Å². The number of nitrogens with zero attached hydrogens (tertiary/aromatic N) is 3. The Morgan fingerprint density at radius 1 is 1.04 bits per heavy atom. The maximum Gasteiger partial charge on any atom is 0.224 e. The molecular weight excluding hydrogens is 310 g/mol. The maximum atomic E-state index is 12.1. The number of carbonyl (C=O) groups is 1. The molecule has 0 N–H and O–H groups in total. The standard InChI is InChI=1S/C18H16ClN3O/c1-12-18(21-17-6-4-3-5-16(17)20-12)11-22(13(2)23)15-9-7-14(19)8-10-15/h3-10H,11H2,1-2H3. The normalized spacial score (nSPS) is 10.7. The van der Waals surface area contributed by atoms with Crippen molar-refractivity contribution >= 4 is 34.2 Å². The van der Waals surface area contributed by atoms with Crippen LogP contribution in [0.3, 0.4) is 0 Å². The number of para-hydroxylation sites is 2. The van der Waals surface area contributed by atoms with Crippen molar-refractivity contribution in [2.75, 3.05) is 4.90 Å². The fourth-order valence-corrected chi connectivity index (χ4v) is 2.56. The van der Waals surface area contributed by atoms with Crippen molar-refractivity contribution in [3.63, 3.8) is 0 Å². The molecule has 0 saturated heterocycles. The minimum absolute atomic E-state index is 0.0540. The van der Waals surface area contributed by atoms with Gasteiger partial charge < -0.3 is 4.90 Å². The van der Waals surface area contributed by atoms with Gasteiger partial charge in [0.05, 0.1) is 29.0 Å². The number of benzene rings is 2. The van der Waals surface area contributed by atoms with Gasteiger partial charge in [-0.15, -0.1) is 0 Å². The SMILES string of the molecule is CC(=O)N(Cc1nc2ccccc2nc1C)c1ccc(Cl)cc1. The predicted molar refractivity (Wildman–Crippen MR) is 92.6 cm³/mol. The monoisotopic (exact) mass is 325 g/mol. The van der Waals surface area contributed by atoms with Crippen molar-refractivity contribution in [2.24, 2.45) is 0 Å². The minimum atomic E-state index is -0.0540. The molecule has 0 radical (unpaired) electrons. The summed E-state index contributed by atoms with van der Waals surface area (Å²) in [5.41, 5.74) is 4.08. The summed E-state index contributed by atoms with van der Waals surface area (Å²) in [6, 6.07) is 14.9. The number of amides is 1. The third kappa shape index (κ3) is 3.32. The molecule has 0 atom stereocenters. The Morgan fingerprint density at radius 2 is 1.65 bits per heavy atom. The summed E-state index contributed by atoms with van der Waals surface area (Å²) in [6.07, 6.45) is 0. The van der Waals surface area contributed by atoms with Crippen LogP contribution in [0.25, 0.3) is 11.0 Å². The molecule has 0 saturated carbocycles. The van der Waals surface area contributed by atoms with Gasteiger partial charge in [0.2, 0.25) is 5.91 Å². The number of hydrogen-bond acceptors (Lipinski definition) is 3. The second-order valence-corrected chi connectivity index (χ2v) is 5.76. The van der Waals surface area contributed by atoms with E-state index >= 15 is 0 Å². The molecule has 0 unspecified atom stereocenters. The van der Waals surface area contributed by atoms with Crippen LogP contribution in [0.5, 0.6) is 0 Å². The average molecular weight is 326 g/mol. The molecular formula is C18H16ClN3O. The van der Waals surface area contributed by atoms with Gasteiger partial charge in [-0.25, -0.2) is 9.97 Å². The van der Waals surface area contributed by atoms with Crippen molar-refractivity contribution in [3.8, 4) is 0 Å². The fourth-order valence-electron chi connectivity index (χ4n) is 2.43. The number of hydrogen-bond donors (Lipinski definition) is 0. The van der Waals surface area contributed by atoms with Crippen molar-refractivity contribution < 1.29 is 4.79 Å². The van der Waals surface area contributed by atoms with E-state index < -0.39 is 0 Å². The third-order valence-corrected chi connectivity index (χ3v) is 3.92. The van der Waals surface area contributed by atoms with Crippen LogP contribution in [0.4, 0.5) is 5.69 Å². The van der Waals surface area contributed by atoms with Crippen LogP contribution >= 0.6 is 11.6 Å². The van der Waals surface area contributed by atoms with E-state index in [1.807, 2.05) is 43.3 Å². The molecule has 0 aliphatic heterocycles. The van der Waals surface area contributed by atoms with E-state index in [0.29, 0.717) is 11.6 Å². The van der Waals surface area contributed by atoms with Gasteiger partial charge >= 0.3 is 0 Å². The van der Waals surface area contributed by atoms with Gasteiger partial charge in [-0.2, -0.15) is 0 Å². The molecule has 1 aromatic heterocycles. The molecule has 3 aromatic rings. The van der Waals surface area contributed by atoms with Crippen molar-refractivity contribution in [2.45, 2.75) is 20.4 Å². The molecule has 5 heteroatoms. The fraction of sp³-hybridized carbons (Fsp3) is 0.167. The lowest BCUT2D eigenvalue weighted by atomic mass is 10.2. The number of fused-ring (bicyclic) bond motifs is 1. The van der Waals surface area contributed by atoms with Gasteiger partial charge in [-0.05, 0) is 43.3 Å². The van der Waals surface area contributed by atoms with Crippen LogP contribution in [0.15, 0.2) is 48.5 Å². The molecule has 2 aromatic carbocycles. The van der Waals surface area contributed by atoms with E-state index in [2.05, 4.69) is 9.97 Å². The highest BCUT2D eigenvalue weighted by molar-refractivity contribution is 6.30. The molecule has 116 valence electrons. The highest BCUT2D eigenvalue weighted by atomic mass is 35.5. The quantitative estimate of drug-likeness (QED) is 0.727. The van der Waals surface area contributed by atoms with Gasteiger partial charge in [0, 0.05) is 17.6 Å². The number of rotatable bonds is 3. The molecule has 0 aliphatic rings. The summed E-state index contributed by atoms with van der Waals surface area (Å²) < 4.78 is 0. The molecule has 1 heterocycles. The Kier molecular flexibility index (Phi) is 4.26. The van der Waals surface area contributed by atoms with Gasteiger partial charge in [0.25, 0.3) is 0 Å². The van der Waals surface area contributed by atoms with Crippen LogP contribution in [0, 0.1) is 6.92 Å². The van der Waals surface area contributed by atoms with Gasteiger partial charge in [-0.3, -0.25) is 4.79 Å². The number of anilines is 1. The van der Waals surface area contributed by atoms with Crippen molar-refractivity contribution in [3.05, 3.63) is 64.9 Å². The summed E-state index contributed by atoms with van der Waals surface area (Å²) in [7, 11) is 0. The smallest absolute Gasteiger partial charge is 0.224 e. The summed E-state index contributed by atoms with van der Waals surface area (Å²) in [5.74, 6) is -0.0540. The summed E-state index contributed by atoms with van der Waals surface area (Å²) >= 11 is 5.92. The molecule has 4 nitrogen and oxygen atoms in total. The maximum absolute atomic E-state index is 12.1. The van der Waals surface area contributed by atoms with E-state index in [9.17, 15) is 4.79 Å². The third-order valence-electron chi connectivity index (χ3n) is 3.67. The lowest BCUT2D eigenvalue weighted by molar-refractivity contribution is -0.116. The zero-order valence-corrected chi connectivity index (χ0v) is 13.7. The summed E-state index contributed by atoms with van der Waals surface area (Å²) in [5, 5.41) is 0.638. The Hall–Kier alpha value is -2.46. The van der Waals surface area contributed by atoms with Gasteiger partial charge in [-0.1, -0.05) is 23.7 Å². The van der Waals surface area contributed by atoms with Crippen LogP contribution in [0.2, 0.25) is 5.02 Å². The lowest BCUT2D eigenvalue weighted by Crippen LogP contribution is -2.28. The Bertz CT molecular complexity index is 862. The Labute approximate surface area is 139 Å². The average Bonchev–Trinajstić information content (AvgIpc) is 2.53. The number of aryl methyl sites for hydroxylation is 1. The molecule has 1 amide bonds. The molecule has 0 aliphatic carbocycles. The highest BCUT2D eigenvalue weighted by Crippen LogP contribution is 2.21. The topological polar surface area (TPSA) is 46.1 Å². The largest absolute Gasteiger partial charge is 0.307 e. The van der Waals surface area contributed by atoms with Crippen molar-refractivity contribution in [1.82, 2.24) is 9.97 Å². The van der Waals surface area contributed by atoms with Crippen LogP contribution in [-0.4, -0.2) is 15.9 Å². The molecule has 23 heavy (non-hydrogen) atoms. The molecule has 3 rings (SSSR count). The zero-order valence-electron chi connectivity index (χ0n) is 13.0. The van der Waals surface area contributed by atoms with Gasteiger partial charge in [0.15, 0.2) is 0 Å². The second kappa shape index (κ2) is 6.34. The number of aromatic nitrogens is 2. The van der Waals surface area contributed by atoms with Crippen LogP contribution < -0.4 is 4.90 Å². The first-order valence-electron chi connectivity index (χ1n) is 7.30. The minimum Gasteiger partial charge on any atom is -0.307 e. The number of halogens is 1. The van der Waals surface area contributed by atoms with E-state index in [-0.39, 0.29) is 5.91 Å². The van der Waals surface area contributed by atoms with E-state index in [4.69, 9.17) is 11.6 Å². The lowest BCUT2D eigenvalue weighted by Gasteiger charge is -2.21. The zero-order chi connectivity index (χ0) is 16.4. The molecule has 0 fully saturated rings. The second-order valence-electron chi connectivity index (χ2n) is 5.33. The van der Waals surface area contributed by atoms with Gasteiger partial charge in [0.1, 0.15) is 0 Å². The molecule has 0 spiro atoms. The Balaban J connectivity index is 1.98. The number of carbonyl (C=O) groups excluding carboxylic acids is 1. The van der Waals surface area contributed by atoms with Crippen LogP contribution in [0.1, 0.15) is 18.3 Å². The molecule has 0 bridgehead atoms. The van der Waals surface area contributed by atoms with E-state index in [1.54, 1.807) is 24.0 Å². The first-order chi connectivity index (χ1) is 11.0. The first kappa shape index (κ1) is 15.4. The highest BCUT2D eigenvalue weighted by Gasteiger charge is 2.15. The predicted octanol–water partition coefficient (Wildman–Crippen LogP) is 4.14. The Morgan fingerprint density at radius 3 is 2.26 bits per heavy atom. The summed E-state index contributed by atoms with van der Waals surface area (Å²) in [4.78, 5) is 23.0. The van der Waals surface area contributed by atoms with E-state index in [0.717, 1.165) is 28.1 Å². The van der Waals surface area contributed by atoms with Crippen molar-refractivity contribution in [1.29, 1.82) is 0 Å². The van der Waals surface area contributed by atoms with E-state index in [1.165, 1.54) is 0 Å². The summed E-state index contributed by atoms with van der Waals surface area (Å²) in [6.45, 7) is 3.83.